The first-order valence-electron chi connectivity index (χ1n) is 5.63. The number of nitrogens with one attached hydrogen (secondary N) is 1. The van der Waals surface area contributed by atoms with Crippen LogP contribution >= 0.6 is 0 Å². The zero-order chi connectivity index (χ0) is 10.8. The fourth-order valence-corrected chi connectivity index (χ4v) is 1.21. The van der Waals surface area contributed by atoms with Crippen molar-refractivity contribution in [3.8, 4) is 0 Å². The first-order chi connectivity index (χ1) is 6.66. The van der Waals surface area contributed by atoms with Crippen molar-refractivity contribution in [1.29, 1.82) is 0 Å². The highest BCUT2D eigenvalue weighted by atomic mass is 16.5. The number of hydrogen-bond donors (Lipinski definition) is 1. The second kappa shape index (κ2) is 9.44. The van der Waals surface area contributed by atoms with Gasteiger partial charge in [0.15, 0.2) is 0 Å². The molecule has 3 nitrogen and oxygen atoms in total. The zero-order valence-corrected chi connectivity index (χ0v) is 10.2. The summed E-state index contributed by atoms with van der Waals surface area (Å²) in [5.41, 5.74) is 0. The summed E-state index contributed by atoms with van der Waals surface area (Å²) in [4.78, 5) is 2.18. The molecule has 0 aliphatic carbocycles. The van der Waals surface area contributed by atoms with Crippen LogP contribution in [0.1, 0.15) is 26.7 Å². The summed E-state index contributed by atoms with van der Waals surface area (Å²) in [6.45, 7) is 8.33. The molecule has 0 rings (SSSR count). The Kier molecular flexibility index (Phi) is 9.35. The fourth-order valence-electron chi connectivity index (χ4n) is 1.21. The molecule has 0 aliphatic heterocycles. The minimum absolute atomic E-state index is 0.337. The predicted molar refractivity (Wildman–Crippen MR) is 61.7 cm³/mol. The SMILES string of the molecule is CCCNCC(C)OCCCN(C)C. The van der Waals surface area contributed by atoms with Gasteiger partial charge in [-0.15, -0.1) is 0 Å². The monoisotopic (exact) mass is 202 g/mol. The van der Waals surface area contributed by atoms with Gasteiger partial charge in [0.25, 0.3) is 0 Å². The Morgan fingerprint density at radius 3 is 2.64 bits per heavy atom. The van der Waals surface area contributed by atoms with Crippen molar-refractivity contribution in [2.75, 3.05) is 40.3 Å². The summed E-state index contributed by atoms with van der Waals surface area (Å²) < 4.78 is 5.65. The van der Waals surface area contributed by atoms with E-state index < -0.39 is 0 Å². The van der Waals surface area contributed by atoms with Gasteiger partial charge in [-0.3, -0.25) is 0 Å². The molecule has 3 heteroatoms. The summed E-state index contributed by atoms with van der Waals surface area (Å²) in [6.07, 6.45) is 2.64. The average molecular weight is 202 g/mol. The minimum Gasteiger partial charge on any atom is -0.377 e. The number of nitrogens with zero attached hydrogens (tertiary/aromatic N) is 1. The van der Waals surface area contributed by atoms with Crippen LogP contribution in [0.2, 0.25) is 0 Å². The van der Waals surface area contributed by atoms with Gasteiger partial charge in [0.2, 0.25) is 0 Å². The largest absolute Gasteiger partial charge is 0.377 e. The summed E-state index contributed by atoms with van der Waals surface area (Å²) in [7, 11) is 4.18. The van der Waals surface area contributed by atoms with Crippen molar-refractivity contribution < 1.29 is 4.74 Å². The van der Waals surface area contributed by atoms with Crippen molar-refractivity contribution in [1.82, 2.24) is 10.2 Å². The van der Waals surface area contributed by atoms with E-state index in [2.05, 4.69) is 38.2 Å². The van der Waals surface area contributed by atoms with E-state index in [0.717, 1.165) is 32.7 Å². The van der Waals surface area contributed by atoms with Crippen LogP contribution in [0.5, 0.6) is 0 Å². The second-order valence-electron chi connectivity index (χ2n) is 4.04. The molecule has 0 heterocycles. The van der Waals surface area contributed by atoms with E-state index in [0.29, 0.717) is 6.10 Å². The molecule has 1 atom stereocenters. The lowest BCUT2D eigenvalue weighted by Crippen LogP contribution is -2.28. The molecule has 0 spiro atoms. The predicted octanol–water partition coefficient (Wildman–Crippen LogP) is 1.34. The van der Waals surface area contributed by atoms with Crippen LogP contribution in [0.25, 0.3) is 0 Å². The molecule has 0 amide bonds. The van der Waals surface area contributed by atoms with Crippen LogP contribution in [-0.2, 0) is 4.74 Å². The van der Waals surface area contributed by atoms with Crippen LogP contribution in [0.15, 0.2) is 0 Å². The highest BCUT2D eigenvalue weighted by Gasteiger charge is 2.00. The fraction of sp³-hybridized carbons (Fsp3) is 1.00. The lowest BCUT2D eigenvalue weighted by Gasteiger charge is -2.15. The van der Waals surface area contributed by atoms with Crippen LogP contribution < -0.4 is 5.32 Å². The Labute approximate surface area is 88.8 Å². The highest BCUT2D eigenvalue weighted by Crippen LogP contribution is 1.92. The molecule has 0 aromatic carbocycles. The van der Waals surface area contributed by atoms with Gasteiger partial charge in [0.05, 0.1) is 6.10 Å². The summed E-state index contributed by atoms with van der Waals surface area (Å²) in [5, 5.41) is 3.35. The summed E-state index contributed by atoms with van der Waals surface area (Å²) >= 11 is 0. The van der Waals surface area contributed by atoms with Gasteiger partial charge >= 0.3 is 0 Å². The zero-order valence-electron chi connectivity index (χ0n) is 10.2. The molecular formula is C11H26N2O. The number of rotatable bonds is 9. The van der Waals surface area contributed by atoms with E-state index >= 15 is 0 Å². The molecule has 0 saturated carbocycles. The molecule has 86 valence electrons. The smallest absolute Gasteiger partial charge is 0.0671 e. The maximum Gasteiger partial charge on any atom is 0.0671 e. The van der Waals surface area contributed by atoms with Crippen LogP contribution in [-0.4, -0.2) is 51.3 Å². The van der Waals surface area contributed by atoms with Crippen LogP contribution in [0.3, 0.4) is 0 Å². The molecule has 0 saturated heterocycles. The van der Waals surface area contributed by atoms with Crippen molar-refractivity contribution >= 4 is 0 Å². The standard InChI is InChI=1S/C11H26N2O/c1-5-7-12-10-11(2)14-9-6-8-13(3)4/h11-12H,5-10H2,1-4H3. The summed E-state index contributed by atoms with van der Waals surface area (Å²) in [6, 6.07) is 0. The average Bonchev–Trinajstić information content (AvgIpc) is 2.13. The maximum atomic E-state index is 5.65. The normalized spacial score (nSPS) is 13.5. The molecule has 0 bridgehead atoms. The van der Waals surface area contributed by atoms with Gasteiger partial charge in [-0.05, 0) is 47.0 Å². The Morgan fingerprint density at radius 2 is 2.07 bits per heavy atom. The van der Waals surface area contributed by atoms with E-state index in [4.69, 9.17) is 4.74 Å². The van der Waals surface area contributed by atoms with Crippen molar-refractivity contribution in [3.05, 3.63) is 0 Å². The van der Waals surface area contributed by atoms with Gasteiger partial charge in [-0.25, -0.2) is 0 Å². The van der Waals surface area contributed by atoms with Gasteiger partial charge in [0.1, 0.15) is 0 Å². The van der Waals surface area contributed by atoms with E-state index in [1.807, 2.05) is 0 Å². The van der Waals surface area contributed by atoms with Gasteiger partial charge < -0.3 is 15.0 Å². The van der Waals surface area contributed by atoms with Crippen LogP contribution in [0, 0.1) is 0 Å². The van der Waals surface area contributed by atoms with Crippen LogP contribution in [0.4, 0.5) is 0 Å². The first kappa shape index (κ1) is 13.9. The third kappa shape index (κ3) is 9.96. The van der Waals surface area contributed by atoms with Crippen molar-refractivity contribution in [2.24, 2.45) is 0 Å². The molecule has 0 aromatic heterocycles. The Hall–Kier alpha value is -0.120. The molecular weight excluding hydrogens is 176 g/mol. The third-order valence-corrected chi connectivity index (χ3v) is 2.01. The molecule has 0 aliphatic rings. The van der Waals surface area contributed by atoms with E-state index in [-0.39, 0.29) is 0 Å². The lowest BCUT2D eigenvalue weighted by atomic mass is 10.3. The van der Waals surface area contributed by atoms with Gasteiger partial charge in [0, 0.05) is 13.2 Å². The third-order valence-electron chi connectivity index (χ3n) is 2.01. The number of hydrogen-bond acceptors (Lipinski definition) is 3. The molecule has 0 radical (unpaired) electrons. The molecule has 1 unspecified atom stereocenters. The van der Waals surface area contributed by atoms with E-state index in [1.54, 1.807) is 0 Å². The van der Waals surface area contributed by atoms with E-state index in [9.17, 15) is 0 Å². The second-order valence-corrected chi connectivity index (χ2v) is 4.04. The molecule has 0 aromatic rings. The topological polar surface area (TPSA) is 24.5 Å². The number of ether oxygens (including phenoxy) is 1. The first-order valence-corrected chi connectivity index (χ1v) is 5.63. The Bertz CT molecular complexity index is 118. The van der Waals surface area contributed by atoms with Gasteiger partial charge in [-0.1, -0.05) is 6.92 Å². The molecule has 1 N–H and O–H groups in total. The Morgan fingerprint density at radius 1 is 1.36 bits per heavy atom. The highest BCUT2D eigenvalue weighted by molar-refractivity contribution is 4.55. The maximum absolute atomic E-state index is 5.65. The minimum atomic E-state index is 0.337. The molecule has 0 fully saturated rings. The Balaban J connectivity index is 3.14. The van der Waals surface area contributed by atoms with Crippen molar-refractivity contribution in [3.63, 3.8) is 0 Å². The van der Waals surface area contributed by atoms with E-state index in [1.165, 1.54) is 6.42 Å². The molecule has 14 heavy (non-hydrogen) atoms. The van der Waals surface area contributed by atoms with Gasteiger partial charge in [-0.2, -0.15) is 0 Å². The van der Waals surface area contributed by atoms with Crippen molar-refractivity contribution in [2.45, 2.75) is 32.8 Å². The lowest BCUT2D eigenvalue weighted by molar-refractivity contribution is 0.0612. The summed E-state index contributed by atoms with van der Waals surface area (Å²) in [5.74, 6) is 0. The quantitative estimate of drug-likeness (QED) is 0.571.